The van der Waals surface area contributed by atoms with Gasteiger partial charge in [0.25, 0.3) is 0 Å². The van der Waals surface area contributed by atoms with Crippen LogP contribution in [0.4, 0.5) is 13.2 Å². The van der Waals surface area contributed by atoms with E-state index >= 15 is 0 Å². The molecule has 1 aromatic carbocycles. The molecule has 0 aliphatic carbocycles. The van der Waals surface area contributed by atoms with Crippen LogP contribution in [0.15, 0.2) is 30.3 Å². The quantitative estimate of drug-likeness (QED) is 0.760. The Morgan fingerprint density at radius 1 is 1.30 bits per heavy atom. The number of carbonyl (C=O) groups is 2. The van der Waals surface area contributed by atoms with Crippen molar-refractivity contribution in [2.45, 2.75) is 37.1 Å². The zero-order valence-electron chi connectivity index (χ0n) is 12.2. The molecule has 1 aromatic rings. The number of carbonyl (C=O) groups excluding carboxylic acids is 2. The van der Waals surface area contributed by atoms with Crippen LogP contribution >= 0.6 is 0 Å². The molecule has 1 aliphatic heterocycles. The fourth-order valence-electron chi connectivity index (χ4n) is 2.46. The van der Waals surface area contributed by atoms with E-state index < -0.39 is 30.1 Å². The van der Waals surface area contributed by atoms with Gasteiger partial charge >= 0.3 is 6.18 Å². The lowest BCUT2D eigenvalue weighted by atomic mass is 9.89. The minimum absolute atomic E-state index is 0.217. The normalized spacial score (nSPS) is 20.7. The van der Waals surface area contributed by atoms with Gasteiger partial charge in [-0.05, 0) is 12.0 Å². The Balaban J connectivity index is 2.00. The van der Waals surface area contributed by atoms with Crippen LogP contribution in [0.5, 0.6) is 0 Å². The number of amides is 2. The minimum atomic E-state index is -4.87. The van der Waals surface area contributed by atoms with Crippen LogP contribution in [-0.2, 0) is 15.2 Å². The fourth-order valence-corrected chi connectivity index (χ4v) is 2.46. The van der Waals surface area contributed by atoms with Crippen molar-refractivity contribution in [3.63, 3.8) is 0 Å². The van der Waals surface area contributed by atoms with Gasteiger partial charge in [0.1, 0.15) is 6.04 Å². The molecule has 1 heterocycles. The van der Waals surface area contributed by atoms with Crippen molar-refractivity contribution in [1.82, 2.24) is 10.6 Å². The molecule has 2 atom stereocenters. The average molecular weight is 330 g/mol. The van der Waals surface area contributed by atoms with Gasteiger partial charge in [-0.25, -0.2) is 0 Å². The molecule has 1 saturated heterocycles. The maximum absolute atomic E-state index is 13.2. The van der Waals surface area contributed by atoms with Gasteiger partial charge < -0.3 is 15.7 Å². The standard InChI is InChI=1S/C15H17F3N2O3/c16-15(17,18)14(23,10-4-2-1-3-5-10)8-9-19-13(22)11-6-7-12(21)20-11/h1-5,11,23H,6-9H2,(H,19,22)(H,20,21)/t11-,14?/m1/s1. The summed E-state index contributed by atoms with van der Waals surface area (Å²) in [4.78, 5) is 22.8. The van der Waals surface area contributed by atoms with E-state index in [0.717, 1.165) is 0 Å². The van der Waals surface area contributed by atoms with Gasteiger partial charge in [-0.1, -0.05) is 30.3 Å². The molecule has 1 fully saturated rings. The van der Waals surface area contributed by atoms with E-state index in [4.69, 9.17) is 0 Å². The Morgan fingerprint density at radius 2 is 1.96 bits per heavy atom. The Bertz CT molecular complexity index is 577. The van der Waals surface area contributed by atoms with Gasteiger partial charge in [0.15, 0.2) is 5.60 Å². The maximum Gasteiger partial charge on any atom is 0.421 e. The third kappa shape index (κ3) is 3.82. The van der Waals surface area contributed by atoms with E-state index in [-0.39, 0.29) is 24.4 Å². The monoisotopic (exact) mass is 330 g/mol. The van der Waals surface area contributed by atoms with Crippen molar-refractivity contribution in [3.05, 3.63) is 35.9 Å². The first-order chi connectivity index (χ1) is 10.7. The summed E-state index contributed by atoms with van der Waals surface area (Å²) in [6.45, 7) is -0.365. The van der Waals surface area contributed by atoms with Gasteiger partial charge in [0.2, 0.25) is 11.8 Å². The van der Waals surface area contributed by atoms with E-state index in [9.17, 15) is 27.9 Å². The molecule has 0 bridgehead atoms. The number of benzene rings is 1. The van der Waals surface area contributed by atoms with E-state index in [1.54, 1.807) is 6.07 Å². The van der Waals surface area contributed by atoms with Crippen molar-refractivity contribution in [2.75, 3.05) is 6.54 Å². The summed E-state index contributed by atoms with van der Waals surface area (Å²) in [6.07, 6.45) is -5.06. The third-order valence-electron chi connectivity index (χ3n) is 3.82. The molecule has 1 aliphatic rings. The van der Waals surface area contributed by atoms with Crippen molar-refractivity contribution in [1.29, 1.82) is 0 Å². The third-order valence-corrected chi connectivity index (χ3v) is 3.82. The van der Waals surface area contributed by atoms with Crippen molar-refractivity contribution >= 4 is 11.8 Å². The van der Waals surface area contributed by atoms with E-state index in [0.29, 0.717) is 6.42 Å². The highest BCUT2D eigenvalue weighted by Crippen LogP contribution is 2.41. The zero-order valence-corrected chi connectivity index (χ0v) is 12.2. The number of aliphatic hydroxyl groups is 1. The molecular weight excluding hydrogens is 313 g/mol. The SMILES string of the molecule is O=C1CC[C@H](C(=O)NCCC(O)(c2ccccc2)C(F)(F)F)N1. The van der Waals surface area contributed by atoms with Gasteiger partial charge in [-0.15, -0.1) is 0 Å². The highest BCUT2D eigenvalue weighted by Gasteiger charge is 2.54. The van der Waals surface area contributed by atoms with Gasteiger partial charge in [-0.3, -0.25) is 9.59 Å². The Kier molecular flexibility index (Phi) is 4.93. The van der Waals surface area contributed by atoms with Crippen LogP contribution in [0, 0.1) is 0 Å². The zero-order chi connectivity index (χ0) is 17.1. The molecule has 23 heavy (non-hydrogen) atoms. The van der Waals surface area contributed by atoms with Crippen molar-refractivity contribution in [2.24, 2.45) is 0 Å². The highest BCUT2D eigenvalue weighted by molar-refractivity contribution is 5.90. The Morgan fingerprint density at radius 3 is 2.48 bits per heavy atom. The lowest BCUT2D eigenvalue weighted by molar-refractivity contribution is -0.268. The Labute approximate surface area is 130 Å². The smallest absolute Gasteiger partial charge is 0.376 e. The van der Waals surface area contributed by atoms with E-state index in [1.165, 1.54) is 24.3 Å². The topological polar surface area (TPSA) is 78.4 Å². The molecule has 8 heteroatoms. The van der Waals surface area contributed by atoms with Crippen molar-refractivity contribution in [3.8, 4) is 0 Å². The van der Waals surface area contributed by atoms with E-state index in [1.807, 2.05) is 0 Å². The molecule has 0 saturated carbocycles. The lowest BCUT2D eigenvalue weighted by Crippen LogP contribution is -2.47. The average Bonchev–Trinajstić information content (AvgIpc) is 2.93. The highest BCUT2D eigenvalue weighted by atomic mass is 19.4. The first kappa shape index (κ1) is 17.3. The molecule has 0 aromatic heterocycles. The minimum Gasteiger partial charge on any atom is -0.376 e. The first-order valence-electron chi connectivity index (χ1n) is 7.16. The molecular formula is C15H17F3N2O3. The molecule has 2 amide bonds. The molecule has 2 rings (SSSR count). The van der Waals surface area contributed by atoms with Crippen LogP contribution in [0.3, 0.4) is 0 Å². The first-order valence-corrected chi connectivity index (χ1v) is 7.16. The maximum atomic E-state index is 13.2. The molecule has 0 radical (unpaired) electrons. The summed E-state index contributed by atoms with van der Waals surface area (Å²) >= 11 is 0. The predicted molar refractivity (Wildman–Crippen MR) is 75.2 cm³/mol. The molecule has 3 N–H and O–H groups in total. The van der Waals surface area contributed by atoms with Crippen LogP contribution in [0.25, 0.3) is 0 Å². The second-order valence-electron chi connectivity index (χ2n) is 5.42. The van der Waals surface area contributed by atoms with Crippen LogP contribution < -0.4 is 10.6 Å². The summed E-state index contributed by atoms with van der Waals surface area (Å²) in [5.41, 5.74) is -3.32. The second kappa shape index (κ2) is 6.57. The molecule has 126 valence electrons. The van der Waals surface area contributed by atoms with Crippen LogP contribution in [-0.4, -0.2) is 35.7 Å². The number of halogens is 3. The summed E-state index contributed by atoms with van der Waals surface area (Å²) in [5.74, 6) is -0.810. The molecule has 1 unspecified atom stereocenters. The number of hydrogen-bond donors (Lipinski definition) is 3. The van der Waals surface area contributed by atoms with Gasteiger partial charge in [0, 0.05) is 19.4 Å². The summed E-state index contributed by atoms with van der Waals surface area (Å²) in [5, 5.41) is 14.8. The number of nitrogens with one attached hydrogen (secondary N) is 2. The van der Waals surface area contributed by atoms with Crippen LogP contribution in [0.2, 0.25) is 0 Å². The predicted octanol–water partition coefficient (Wildman–Crippen LogP) is 1.22. The second-order valence-corrected chi connectivity index (χ2v) is 5.42. The van der Waals surface area contributed by atoms with E-state index in [2.05, 4.69) is 10.6 Å². The van der Waals surface area contributed by atoms with Gasteiger partial charge in [-0.2, -0.15) is 13.2 Å². The molecule has 5 nitrogen and oxygen atoms in total. The lowest BCUT2D eigenvalue weighted by Gasteiger charge is -2.31. The fraction of sp³-hybridized carbons (Fsp3) is 0.467. The largest absolute Gasteiger partial charge is 0.421 e. The van der Waals surface area contributed by atoms with Crippen LogP contribution in [0.1, 0.15) is 24.8 Å². The number of alkyl halides is 3. The summed E-state index contributed by atoms with van der Waals surface area (Å²) in [7, 11) is 0. The molecule has 0 spiro atoms. The summed E-state index contributed by atoms with van der Waals surface area (Å²) in [6, 6.07) is 6.00. The Hall–Kier alpha value is -2.09. The van der Waals surface area contributed by atoms with Gasteiger partial charge in [0.05, 0.1) is 0 Å². The van der Waals surface area contributed by atoms with Crippen molar-refractivity contribution < 1.29 is 27.9 Å². The number of rotatable bonds is 5. The number of hydrogen-bond acceptors (Lipinski definition) is 3. The summed E-state index contributed by atoms with van der Waals surface area (Å²) < 4.78 is 39.7.